The third-order valence-corrected chi connectivity index (χ3v) is 3.93. The van der Waals surface area contributed by atoms with Gasteiger partial charge in [-0.05, 0) is 56.4 Å². The van der Waals surface area contributed by atoms with Crippen molar-refractivity contribution in [2.45, 2.75) is 32.6 Å². The molecule has 2 aromatic rings. The van der Waals surface area contributed by atoms with E-state index in [-0.39, 0.29) is 11.7 Å². The van der Waals surface area contributed by atoms with Gasteiger partial charge in [0.15, 0.2) is 17.2 Å². The van der Waals surface area contributed by atoms with Gasteiger partial charge in [0.25, 0.3) is 5.91 Å². The number of H-pyrrole nitrogens is 1. The second-order valence-corrected chi connectivity index (χ2v) is 5.60. The molecule has 0 unspecified atom stereocenters. The molecule has 0 spiro atoms. The zero-order chi connectivity index (χ0) is 16.9. The molecule has 1 aliphatic carbocycles. The van der Waals surface area contributed by atoms with Crippen LogP contribution in [-0.2, 0) is 12.8 Å². The Morgan fingerprint density at radius 1 is 1.46 bits per heavy atom. The van der Waals surface area contributed by atoms with E-state index in [0.29, 0.717) is 23.6 Å². The zero-order valence-corrected chi connectivity index (χ0v) is 13.5. The topological polar surface area (TPSA) is 99.6 Å². The van der Waals surface area contributed by atoms with Gasteiger partial charge in [-0.1, -0.05) is 0 Å². The first-order valence-corrected chi connectivity index (χ1v) is 8.04. The average molecular weight is 328 g/mol. The molecule has 7 nitrogen and oxygen atoms in total. The summed E-state index contributed by atoms with van der Waals surface area (Å²) in [6.45, 7) is 2.29. The highest BCUT2D eigenvalue weighted by Gasteiger charge is 2.21. The van der Waals surface area contributed by atoms with Crippen molar-refractivity contribution in [3.63, 3.8) is 0 Å². The maximum atomic E-state index is 12.2. The lowest BCUT2D eigenvalue weighted by Gasteiger charge is -2.10. The van der Waals surface area contributed by atoms with Gasteiger partial charge >= 0.3 is 0 Å². The molecule has 0 radical (unpaired) electrons. The number of rotatable bonds is 5. The first-order chi connectivity index (χ1) is 11.7. The van der Waals surface area contributed by atoms with Crippen molar-refractivity contribution < 1.29 is 14.6 Å². The molecule has 0 saturated heterocycles. The summed E-state index contributed by atoms with van der Waals surface area (Å²) < 4.78 is 5.31. The molecule has 1 aromatic carbocycles. The monoisotopic (exact) mass is 328 g/mol. The van der Waals surface area contributed by atoms with Gasteiger partial charge in [0.05, 0.1) is 12.8 Å². The number of aromatic nitrogens is 2. The number of aromatic amines is 1. The van der Waals surface area contributed by atoms with Gasteiger partial charge < -0.3 is 9.84 Å². The van der Waals surface area contributed by atoms with Crippen LogP contribution in [0.15, 0.2) is 23.3 Å². The Labute approximate surface area is 139 Å². The summed E-state index contributed by atoms with van der Waals surface area (Å²) in [5.74, 6) is 0.129. The molecular weight excluding hydrogens is 308 g/mol. The predicted octanol–water partition coefficient (Wildman–Crippen LogP) is 2.16. The van der Waals surface area contributed by atoms with Crippen molar-refractivity contribution in [1.82, 2.24) is 15.6 Å². The number of phenolic OH excluding ortho intramolecular Hbond substituents is 1. The number of carbonyl (C=O) groups excluding carboxylic acids is 1. The lowest BCUT2D eigenvalue weighted by atomic mass is 9.96. The van der Waals surface area contributed by atoms with Crippen LogP contribution in [0.2, 0.25) is 0 Å². The number of ether oxygens (including phenoxy) is 1. The van der Waals surface area contributed by atoms with E-state index in [1.54, 1.807) is 12.1 Å². The fourth-order valence-corrected chi connectivity index (χ4v) is 2.77. The number of aromatic hydroxyl groups is 1. The molecule has 0 aliphatic heterocycles. The fraction of sp³-hybridized carbons (Fsp3) is 0.353. The summed E-state index contributed by atoms with van der Waals surface area (Å²) >= 11 is 0. The molecule has 24 heavy (non-hydrogen) atoms. The number of carbonyl (C=O) groups is 1. The fourth-order valence-electron chi connectivity index (χ4n) is 2.77. The van der Waals surface area contributed by atoms with Crippen molar-refractivity contribution in [3.05, 3.63) is 40.7 Å². The first kappa shape index (κ1) is 16.0. The number of benzene rings is 1. The molecule has 0 atom stereocenters. The molecule has 0 saturated carbocycles. The van der Waals surface area contributed by atoms with E-state index in [2.05, 4.69) is 20.7 Å². The van der Waals surface area contributed by atoms with Crippen LogP contribution in [0.5, 0.6) is 11.5 Å². The van der Waals surface area contributed by atoms with Crippen LogP contribution < -0.4 is 10.2 Å². The van der Waals surface area contributed by atoms with Crippen molar-refractivity contribution in [1.29, 1.82) is 0 Å². The number of hydrogen-bond donors (Lipinski definition) is 3. The molecule has 1 aromatic heterocycles. The second-order valence-electron chi connectivity index (χ2n) is 5.60. The smallest absolute Gasteiger partial charge is 0.292 e. The minimum atomic E-state index is -0.325. The molecule has 0 bridgehead atoms. The number of amides is 1. The summed E-state index contributed by atoms with van der Waals surface area (Å²) in [5.41, 5.74) is 5.67. The van der Waals surface area contributed by atoms with E-state index in [1.165, 1.54) is 12.3 Å². The molecule has 126 valence electrons. The SMILES string of the molecule is CCOc1cc(C=NNC(=O)c2n[nH]c3c2CCCC3)ccc1O. The predicted molar refractivity (Wildman–Crippen MR) is 89.6 cm³/mol. The first-order valence-electron chi connectivity index (χ1n) is 8.04. The van der Waals surface area contributed by atoms with E-state index in [9.17, 15) is 9.90 Å². The molecule has 3 N–H and O–H groups in total. The van der Waals surface area contributed by atoms with E-state index in [4.69, 9.17) is 4.74 Å². The maximum Gasteiger partial charge on any atom is 0.292 e. The number of nitrogens with zero attached hydrogens (tertiary/aromatic N) is 2. The molecular formula is C17H20N4O3. The lowest BCUT2D eigenvalue weighted by molar-refractivity contribution is 0.0949. The van der Waals surface area contributed by atoms with Gasteiger partial charge in [0.2, 0.25) is 0 Å². The molecule has 1 heterocycles. The number of aryl methyl sites for hydroxylation is 1. The molecule has 1 amide bonds. The van der Waals surface area contributed by atoms with Crippen LogP contribution in [0.1, 0.15) is 47.1 Å². The van der Waals surface area contributed by atoms with Gasteiger partial charge in [-0.2, -0.15) is 10.2 Å². The Kier molecular flexibility index (Phi) is 4.79. The van der Waals surface area contributed by atoms with Gasteiger partial charge in [-0.3, -0.25) is 9.89 Å². The van der Waals surface area contributed by atoms with E-state index in [0.717, 1.165) is 36.9 Å². The third kappa shape index (κ3) is 3.40. The Bertz CT molecular complexity index is 767. The highest BCUT2D eigenvalue weighted by molar-refractivity contribution is 5.94. The highest BCUT2D eigenvalue weighted by atomic mass is 16.5. The largest absolute Gasteiger partial charge is 0.504 e. The van der Waals surface area contributed by atoms with Crippen molar-refractivity contribution in [3.8, 4) is 11.5 Å². The molecule has 0 fully saturated rings. The van der Waals surface area contributed by atoms with Crippen molar-refractivity contribution >= 4 is 12.1 Å². The third-order valence-electron chi connectivity index (χ3n) is 3.93. The Balaban J connectivity index is 1.67. The summed E-state index contributed by atoms with van der Waals surface area (Å²) in [7, 11) is 0. The van der Waals surface area contributed by atoms with E-state index in [1.807, 2.05) is 6.92 Å². The van der Waals surface area contributed by atoms with Crippen LogP contribution in [0.3, 0.4) is 0 Å². The van der Waals surface area contributed by atoms with Crippen molar-refractivity contribution in [2.24, 2.45) is 5.10 Å². The Morgan fingerprint density at radius 2 is 2.29 bits per heavy atom. The molecule has 1 aliphatic rings. The van der Waals surface area contributed by atoms with Crippen LogP contribution in [0.25, 0.3) is 0 Å². The summed E-state index contributed by atoms with van der Waals surface area (Å²) in [5, 5.41) is 20.7. The highest BCUT2D eigenvalue weighted by Crippen LogP contribution is 2.26. The minimum absolute atomic E-state index is 0.0705. The minimum Gasteiger partial charge on any atom is -0.504 e. The lowest BCUT2D eigenvalue weighted by Crippen LogP contribution is -2.20. The Hall–Kier alpha value is -2.83. The number of fused-ring (bicyclic) bond motifs is 1. The standard InChI is InChI=1S/C17H20N4O3/c1-2-24-15-9-11(7-8-14(15)22)10-18-21-17(23)16-12-5-3-4-6-13(12)19-20-16/h7-10,22H,2-6H2,1H3,(H,19,20)(H,21,23). The zero-order valence-electron chi connectivity index (χ0n) is 13.5. The summed E-state index contributed by atoms with van der Waals surface area (Å²) in [4.78, 5) is 12.2. The van der Waals surface area contributed by atoms with Crippen molar-refractivity contribution in [2.75, 3.05) is 6.61 Å². The number of hydrazone groups is 1. The van der Waals surface area contributed by atoms with E-state index < -0.39 is 0 Å². The number of hydrogen-bond acceptors (Lipinski definition) is 5. The normalized spacial score (nSPS) is 13.7. The Morgan fingerprint density at radius 3 is 3.12 bits per heavy atom. The molecule has 3 rings (SSSR count). The average Bonchev–Trinajstić information content (AvgIpc) is 3.02. The molecule has 7 heteroatoms. The van der Waals surface area contributed by atoms with Gasteiger partial charge in [-0.25, -0.2) is 5.43 Å². The van der Waals surface area contributed by atoms with Crippen LogP contribution in [0.4, 0.5) is 0 Å². The number of nitrogens with one attached hydrogen (secondary N) is 2. The second kappa shape index (κ2) is 7.16. The number of phenols is 1. The van der Waals surface area contributed by atoms with Crippen LogP contribution >= 0.6 is 0 Å². The summed E-state index contributed by atoms with van der Waals surface area (Å²) in [6.07, 6.45) is 5.50. The van der Waals surface area contributed by atoms with Crippen LogP contribution in [0, 0.1) is 0 Å². The maximum absolute atomic E-state index is 12.2. The van der Waals surface area contributed by atoms with E-state index >= 15 is 0 Å². The quantitative estimate of drug-likeness (QED) is 0.578. The summed E-state index contributed by atoms with van der Waals surface area (Å²) in [6, 6.07) is 4.87. The van der Waals surface area contributed by atoms with Gasteiger partial charge in [-0.15, -0.1) is 0 Å². The van der Waals surface area contributed by atoms with Gasteiger partial charge in [0.1, 0.15) is 0 Å². The van der Waals surface area contributed by atoms with Gasteiger partial charge in [0, 0.05) is 11.3 Å². The van der Waals surface area contributed by atoms with Crippen LogP contribution in [-0.4, -0.2) is 34.0 Å².